The Kier molecular flexibility index (Phi) is 16.2. The van der Waals surface area contributed by atoms with Gasteiger partial charge in [-0.15, -0.1) is 6.58 Å². The molecule has 4 aromatic carbocycles. The fraction of sp³-hybridized carbons (Fsp3) is 0.444. The zero-order chi connectivity index (χ0) is 47.5. The summed E-state index contributed by atoms with van der Waals surface area (Å²) in [7, 11) is 0. The number of ether oxygens (including phenoxy) is 5. The van der Waals surface area contributed by atoms with Crippen molar-refractivity contribution in [3.63, 3.8) is 0 Å². The van der Waals surface area contributed by atoms with Gasteiger partial charge >= 0.3 is 6.09 Å². The Hall–Kier alpha value is -6.06. The highest BCUT2D eigenvalue weighted by atomic mass is 16.8. The third-order valence-corrected chi connectivity index (χ3v) is 13.6. The van der Waals surface area contributed by atoms with E-state index in [0.717, 1.165) is 60.8 Å². The summed E-state index contributed by atoms with van der Waals surface area (Å²) in [4.78, 5) is 33.6. The van der Waals surface area contributed by atoms with Gasteiger partial charge in [0.1, 0.15) is 29.0 Å². The van der Waals surface area contributed by atoms with Crippen LogP contribution in [0.4, 0.5) is 10.5 Å². The van der Waals surface area contributed by atoms with E-state index in [1.165, 1.54) is 24.3 Å². The first-order valence-electron chi connectivity index (χ1n) is 24.2. The van der Waals surface area contributed by atoms with Crippen LogP contribution in [0.3, 0.4) is 0 Å². The molecule has 7 unspecified atom stereocenters. The van der Waals surface area contributed by atoms with E-state index in [0.29, 0.717) is 55.3 Å². The lowest BCUT2D eigenvalue weighted by atomic mass is 9.55. The number of oxime groups is 1. The number of aliphatic hydroxyl groups excluding tert-OH is 2. The molecule has 7 atom stereocenters. The Morgan fingerprint density at radius 3 is 2.34 bits per heavy atom. The number of aliphatic hydroxyl groups is 2. The maximum Gasteiger partial charge on any atom is 0.415 e. The van der Waals surface area contributed by atoms with Gasteiger partial charge in [-0.1, -0.05) is 79.5 Å². The molecule has 1 saturated carbocycles. The van der Waals surface area contributed by atoms with Gasteiger partial charge in [-0.05, 0) is 116 Å². The third-order valence-electron chi connectivity index (χ3n) is 13.6. The molecule has 0 spiro atoms. The second-order valence-electron chi connectivity index (χ2n) is 18.0. The number of rotatable bonds is 21. The average molecular weight is 930 g/mol. The van der Waals surface area contributed by atoms with Crippen molar-refractivity contribution >= 4 is 17.5 Å². The van der Waals surface area contributed by atoms with Crippen LogP contribution >= 0.6 is 0 Å². The lowest BCUT2D eigenvalue weighted by molar-refractivity contribution is -0.384. The normalized spacial score (nSPS) is 24.4. The molecule has 2 N–H and O–H groups in total. The van der Waals surface area contributed by atoms with Gasteiger partial charge in [0.15, 0.2) is 0 Å². The van der Waals surface area contributed by atoms with Gasteiger partial charge in [0, 0.05) is 56.2 Å². The molecule has 14 heteroatoms. The summed E-state index contributed by atoms with van der Waals surface area (Å²) < 4.78 is 33.1. The predicted octanol–water partition coefficient (Wildman–Crippen LogP) is 11.1. The zero-order valence-electron chi connectivity index (χ0n) is 38.8. The van der Waals surface area contributed by atoms with Crippen molar-refractivity contribution in [3.05, 3.63) is 137 Å². The van der Waals surface area contributed by atoms with Crippen molar-refractivity contribution in [3.8, 4) is 34.1 Å². The van der Waals surface area contributed by atoms with Gasteiger partial charge in [-0.3, -0.25) is 15.0 Å². The first-order chi connectivity index (χ1) is 33.3. The summed E-state index contributed by atoms with van der Waals surface area (Å²) in [5.41, 5.74) is 4.51. The lowest BCUT2D eigenvalue weighted by Gasteiger charge is -2.59. The quantitative estimate of drug-likeness (QED) is 0.0352. The van der Waals surface area contributed by atoms with E-state index in [1.807, 2.05) is 61.5 Å². The van der Waals surface area contributed by atoms with Gasteiger partial charge in [-0.2, -0.15) is 0 Å². The Labute approximate surface area is 398 Å². The molecule has 2 heterocycles. The minimum Gasteiger partial charge on any atom is -0.459 e. The van der Waals surface area contributed by atoms with Gasteiger partial charge < -0.3 is 38.7 Å². The summed E-state index contributed by atoms with van der Waals surface area (Å²) in [6.45, 7) is 7.06. The molecule has 0 radical (unpaired) electrons. The molecule has 1 amide bonds. The monoisotopic (exact) mass is 929 g/mol. The van der Waals surface area contributed by atoms with E-state index < -0.39 is 35.1 Å². The average Bonchev–Trinajstić information content (AvgIpc) is 3.36. The SMILES string of the molecule is C=CCOC12Oc3ccc(Oc4ccc(-c5ccccc5)cc4)cc3C3C(CCCCO)C(CCCCO)C=C(C(=NOC4CCCCO4)CC1N(CCC)C(=O)Oc1ccc([N+](=O)[O-])cc1)C32. The number of nitro benzene ring substituents is 1. The summed E-state index contributed by atoms with van der Waals surface area (Å²) in [6, 6.07) is 28.7. The lowest BCUT2D eigenvalue weighted by Crippen LogP contribution is -2.70. The predicted molar refractivity (Wildman–Crippen MR) is 258 cm³/mol. The maximum absolute atomic E-state index is 14.7. The van der Waals surface area contributed by atoms with E-state index in [-0.39, 0.29) is 62.0 Å². The van der Waals surface area contributed by atoms with Crippen LogP contribution in [0.25, 0.3) is 11.1 Å². The molecule has 1 saturated heterocycles. The molecular weight excluding hydrogens is 867 g/mol. The van der Waals surface area contributed by atoms with Crippen LogP contribution in [0, 0.1) is 27.9 Å². The van der Waals surface area contributed by atoms with Crippen LogP contribution in [0.5, 0.6) is 23.0 Å². The summed E-state index contributed by atoms with van der Waals surface area (Å²) >= 11 is 0. The number of carbonyl (C=O) groups excluding carboxylic acids is 1. The van der Waals surface area contributed by atoms with Crippen molar-refractivity contribution in [1.82, 2.24) is 4.90 Å². The van der Waals surface area contributed by atoms with Crippen LogP contribution in [0.2, 0.25) is 0 Å². The molecule has 360 valence electrons. The van der Waals surface area contributed by atoms with E-state index in [4.69, 9.17) is 33.7 Å². The smallest absolute Gasteiger partial charge is 0.415 e. The number of unbranched alkanes of at least 4 members (excludes halogenated alkanes) is 2. The Morgan fingerprint density at radius 1 is 0.926 bits per heavy atom. The molecule has 4 aliphatic rings. The molecule has 2 aliphatic carbocycles. The Bertz CT molecular complexity index is 2390. The minimum atomic E-state index is -1.51. The number of hydrogen-bond acceptors (Lipinski definition) is 12. The number of carbonyl (C=O) groups is 1. The minimum absolute atomic E-state index is 0.00182. The highest BCUT2D eigenvalue weighted by Gasteiger charge is 2.65. The number of benzene rings is 4. The van der Waals surface area contributed by atoms with Gasteiger partial charge in [0.05, 0.1) is 29.8 Å². The standard InChI is InChI=1S/C54H63N3O11/c1-3-29-56(53(60)66-42-25-21-40(22-26-42)57(61)62)49-36-47(55-68-50-18-10-13-33-63-50)45-34-39(16-8-11-30-58)44(17-9-12-31-59)51-46-35-43(27-28-48(46)67-54(49,52(45)51)64-32-4-2)65-41-23-19-38(20-24-41)37-14-6-5-7-15-37/h4-7,14-15,19-28,34-35,39,44,49-52,58-59H,2-3,8-13,16-18,29-33,36H2,1H3. The topological polar surface area (TPSA) is 172 Å². The number of hydrogen-bond donors (Lipinski definition) is 2. The zero-order valence-corrected chi connectivity index (χ0v) is 38.8. The van der Waals surface area contributed by atoms with Gasteiger partial charge in [0.25, 0.3) is 5.69 Å². The summed E-state index contributed by atoms with van der Waals surface area (Å²) in [5.74, 6) is -0.287. The first-order valence-corrected chi connectivity index (χ1v) is 24.2. The van der Waals surface area contributed by atoms with E-state index in [1.54, 1.807) is 11.0 Å². The highest BCUT2D eigenvalue weighted by Crippen LogP contribution is 2.62. The number of nitro groups is 1. The summed E-state index contributed by atoms with van der Waals surface area (Å²) in [6.07, 6.45) is 10.5. The van der Waals surface area contributed by atoms with Crippen LogP contribution in [-0.2, 0) is 14.3 Å². The summed E-state index contributed by atoms with van der Waals surface area (Å²) in [5, 5.41) is 36.4. The largest absolute Gasteiger partial charge is 0.459 e. The van der Waals surface area contributed by atoms with E-state index >= 15 is 0 Å². The molecule has 2 fully saturated rings. The fourth-order valence-electron chi connectivity index (χ4n) is 10.5. The number of allylic oxidation sites excluding steroid dienone is 1. The number of non-ortho nitro benzene ring substituents is 1. The van der Waals surface area contributed by atoms with Crippen LogP contribution < -0.4 is 14.2 Å². The Balaban J connectivity index is 1.28. The van der Waals surface area contributed by atoms with Crippen molar-refractivity contribution < 1.29 is 48.5 Å². The van der Waals surface area contributed by atoms with E-state index in [9.17, 15) is 25.1 Å². The maximum atomic E-state index is 14.7. The molecule has 0 aromatic heterocycles. The number of nitrogens with zero attached hydrogens (tertiary/aromatic N) is 3. The van der Waals surface area contributed by atoms with E-state index in [2.05, 4.69) is 30.9 Å². The number of fused-ring (bicyclic) bond motifs is 2. The first kappa shape index (κ1) is 48.4. The molecule has 2 aliphatic heterocycles. The Morgan fingerprint density at radius 2 is 1.65 bits per heavy atom. The highest BCUT2D eigenvalue weighted by molar-refractivity contribution is 6.03. The second kappa shape index (κ2) is 22.8. The molecule has 68 heavy (non-hydrogen) atoms. The van der Waals surface area contributed by atoms with Gasteiger partial charge in [-0.25, -0.2) is 4.79 Å². The second-order valence-corrected chi connectivity index (χ2v) is 18.0. The fourth-order valence-corrected chi connectivity index (χ4v) is 10.5. The van der Waals surface area contributed by atoms with Crippen LogP contribution in [0.15, 0.2) is 127 Å². The van der Waals surface area contributed by atoms with Crippen molar-refractivity contribution in [2.24, 2.45) is 22.9 Å². The molecule has 4 aromatic rings. The molecule has 14 nitrogen and oxygen atoms in total. The van der Waals surface area contributed by atoms with Crippen molar-refractivity contribution in [2.45, 2.75) is 102 Å². The molecular formula is C54H63N3O11. The van der Waals surface area contributed by atoms with Crippen molar-refractivity contribution in [1.29, 1.82) is 0 Å². The van der Waals surface area contributed by atoms with Crippen molar-refractivity contribution in [2.75, 3.05) is 33.0 Å². The molecule has 0 bridgehead atoms. The van der Waals surface area contributed by atoms with Crippen LogP contribution in [0.1, 0.15) is 89.0 Å². The molecule has 8 rings (SSSR count). The third kappa shape index (κ3) is 10.8. The number of amides is 1. The van der Waals surface area contributed by atoms with Crippen LogP contribution in [-0.4, -0.2) is 82.9 Å². The van der Waals surface area contributed by atoms with Gasteiger partial charge in [0.2, 0.25) is 12.1 Å².